The second-order valence-electron chi connectivity index (χ2n) is 5.84. The average Bonchev–Trinajstić information content (AvgIpc) is 3.23. The number of aryl methyl sites for hydroxylation is 3. The Morgan fingerprint density at radius 2 is 2.05 bits per heavy atom. The van der Waals surface area contributed by atoms with Gasteiger partial charge in [0.25, 0.3) is 0 Å². The molecular weight excluding hydrogens is 260 g/mol. The lowest BCUT2D eigenvalue weighted by Gasteiger charge is -2.11. The first-order chi connectivity index (χ1) is 10.2. The van der Waals surface area contributed by atoms with Crippen LogP contribution in [0.25, 0.3) is 5.69 Å². The highest BCUT2D eigenvalue weighted by molar-refractivity contribution is 5.43. The van der Waals surface area contributed by atoms with Gasteiger partial charge in [-0.25, -0.2) is 9.67 Å². The number of nitrogens with zero attached hydrogens (tertiary/aromatic N) is 3. The Labute approximate surface area is 126 Å². The van der Waals surface area contributed by atoms with E-state index in [1.807, 2.05) is 4.68 Å². The van der Waals surface area contributed by atoms with Gasteiger partial charge in [-0.05, 0) is 37.0 Å². The number of benzene rings is 1. The lowest BCUT2D eigenvalue weighted by molar-refractivity contribution is 0.686. The van der Waals surface area contributed by atoms with Crippen LogP contribution in [0.5, 0.6) is 0 Å². The Morgan fingerprint density at radius 1 is 1.24 bits per heavy atom. The second kappa shape index (κ2) is 5.98. The molecule has 112 valence electrons. The van der Waals surface area contributed by atoms with Crippen molar-refractivity contribution in [2.75, 3.05) is 0 Å². The fourth-order valence-electron chi connectivity index (χ4n) is 2.58. The highest BCUT2D eigenvalue weighted by atomic mass is 15.3. The molecule has 2 aromatic rings. The fourth-order valence-corrected chi connectivity index (χ4v) is 2.58. The quantitative estimate of drug-likeness (QED) is 0.887. The van der Waals surface area contributed by atoms with Crippen molar-refractivity contribution in [2.45, 2.75) is 59.0 Å². The molecule has 1 aliphatic carbocycles. The summed E-state index contributed by atoms with van der Waals surface area (Å²) in [5, 5.41) is 8.19. The largest absolute Gasteiger partial charge is 0.310 e. The maximum Gasteiger partial charge on any atom is 0.151 e. The molecule has 0 radical (unpaired) electrons. The number of nitrogens with one attached hydrogen (secondary N) is 1. The Morgan fingerprint density at radius 3 is 2.67 bits per heavy atom. The molecule has 0 aliphatic heterocycles. The van der Waals surface area contributed by atoms with E-state index in [0.29, 0.717) is 0 Å². The smallest absolute Gasteiger partial charge is 0.151 e. The normalized spacial score (nSPS) is 14.6. The van der Waals surface area contributed by atoms with Crippen molar-refractivity contribution in [3.05, 3.63) is 41.0 Å². The van der Waals surface area contributed by atoms with Crippen molar-refractivity contribution in [1.29, 1.82) is 0 Å². The average molecular weight is 284 g/mol. The predicted molar refractivity (Wildman–Crippen MR) is 84.7 cm³/mol. The van der Waals surface area contributed by atoms with Gasteiger partial charge in [-0.2, -0.15) is 5.10 Å². The monoisotopic (exact) mass is 284 g/mol. The molecule has 1 aliphatic rings. The third kappa shape index (κ3) is 3.16. The minimum Gasteiger partial charge on any atom is -0.310 e. The molecule has 4 heteroatoms. The minimum absolute atomic E-state index is 0.749. The molecule has 0 atom stereocenters. The zero-order chi connectivity index (χ0) is 14.8. The maximum atomic E-state index is 4.63. The van der Waals surface area contributed by atoms with Crippen molar-refractivity contribution in [2.24, 2.45) is 0 Å². The zero-order valence-electron chi connectivity index (χ0n) is 13.2. The summed E-state index contributed by atoms with van der Waals surface area (Å²) in [6, 6.07) is 7.38. The molecule has 1 aromatic heterocycles. The summed E-state index contributed by atoms with van der Waals surface area (Å²) in [6.45, 7) is 7.34. The van der Waals surface area contributed by atoms with E-state index in [4.69, 9.17) is 0 Å². The van der Waals surface area contributed by atoms with Crippen LogP contribution in [0.1, 0.15) is 49.5 Å². The number of aromatic nitrogens is 3. The van der Waals surface area contributed by atoms with Crippen LogP contribution < -0.4 is 5.32 Å². The molecule has 4 nitrogen and oxygen atoms in total. The summed E-state index contributed by atoms with van der Waals surface area (Å²) in [6.07, 6.45) is 4.44. The van der Waals surface area contributed by atoms with Crippen molar-refractivity contribution in [3.8, 4) is 5.69 Å². The molecule has 0 bridgehead atoms. The molecule has 0 spiro atoms. The van der Waals surface area contributed by atoms with Gasteiger partial charge in [-0.3, -0.25) is 0 Å². The molecule has 1 N–H and O–H groups in total. The van der Waals surface area contributed by atoms with Crippen molar-refractivity contribution >= 4 is 0 Å². The van der Waals surface area contributed by atoms with Gasteiger partial charge in [-0.1, -0.05) is 26.0 Å². The van der Waals surface area contributed by atoms with E-state index in [-0.39, 0.29) is 0 Å². The van der Waals surface area contributed by atoms with Crippen LogP contribution in [-0.2, 0) is 19.4 Å². The van der Waals surface area contributed by atoms with Gasteiger partial charge in [0.05, 0.1) is 5.69 Å². The van der Waals surface area contributed by atoms with E-state index in [0.717, 1.165) is 42.8 Å². The molecular formula is C17H24N4. The zero-order valence-corrected chi connectivity index (χ0v) is 13.2. The molecule has 0 unspecified atom stereocenters. The molecule has 1 aromatic carbocycles. The fraction of sp³-hybridized carbons (Fsp3) is 0.529. The highest BCUT2D eigenvalue weighted by Gasteiger charge is 2.20. The van der Waals surface area contributed by atoms with Crippen LogP contribution in [-0.4, -0.2) is 20.8 Å². The minimum atomic E-state index is 0.749. The second-order valence-corrected chi connectivity index (χ2v) is 5.84. The van der Waals surface area contributed by atoms with E-state index in [1.165, 1.54) is 24.0 Å². The number of hydrogen-bond donors (Lipinski definition) is 1. The van der Waals surface area contributed by atoms with E-state index >= 15 is 0 Å². The van der Waals surface area contributed by atoms with Gasteiger partial charge in [0, 0.05) is 25.4 Å². The molecule has 1 fully saturated rings. The van der Waals surface area contributed by atoms with Crippen LogP contribution in [0.4, 0.5) is 0 Å². The van der Waals surface area contributed by atoms with Crippen molar-refractivity contribution in [3.63, 3.8) is 0 Å². The third-order valence-electron chi connectivity index (χ3n) is 4.01. The van der Waals surface area contributed by atoms with Crippen molar-refractivity contribution < 1.29 is 0 Å². The summed E-state index contributed by atoms with van der Waals surface area (Å²) < 4.78 is 2.01. The summed E-state index contributed by atoms with van der Waals surface area (Å²) in [7, 11) is 0. The van der Waals surface area contributed by atoms with Crippen LogP contribution >= 0.6 is 0 Å². The molecule has 3 rings (SSSR count). The van der Waals surface area contributed by atoms with Gasteiger partial charge in [-0.15, -0.1) is 0 Å². The van der Waals surface area contributed by atoms with Crippen LogP contribution in [0.15, 0.2) is 18.2 Å². The first kappa shape index (κ1) is 14.3. The van der Waals surface area contributed by atoms with E-state index in [2.05, 4.69) is 54.4 Å². The van der Waals surface area contributed by atoms with Crippen LogP contribution in [0.3, 0.4) is 0 Å². The Kier molecular flexibility index (Phi) is 4.06. The first-order valence-electron chi connectivity index (χ1n) is 7.99. The standard InChI is InChI=1S/C17H24N4/c1-4-16-19-17(5-2)21(20-16)15-9-6-13(10-12(15)3)11-18-14-7-8-14/h6,9-10,14,18H,4-5,7-8,11H2,1-3H3. The molecule has 1 saturated carbocycles. The maximum absolute atomic E-state index is 4.63. The van der Waals surface area contributed by atoms with Crippen LogP contribution in [0.2, 0.25) is 0 Å². The topological polar surface area (TPSA) is 42.7 Å². The summed E-state index contributed by atoms with van der Waals surface area (Å²) >= 11 is 0. The molecule has 0 amide bonds. The Hall–Kier alpha value is -1.68. The highest BCUT2D eigenvalue weighted by Crippen LogP contribution is 2.21. The third-order valence-corrected chi connectivity index (χ3v) is 4.01. The summed E-state index contributed by atoms with van der Waals surface area (Å²) in [5.41, 5.74) is 3.75. The van der Waals surface area contributed by atoms with E-state index in [1.54, 1.807) is 0 Å². The number of rotatable bonds is 6. The van der Waals surface area contributed by atoms with Gasteiger partial charge < -0.3 is 5.32 Å². The summed E-state index contributed by atoms with van der Waals surface area (Å²) in [5.74, 6) is 1.96. The van der Waals surface area contributed by atoms with Gasteiger partial charge >= 0.3 is 0 Å². The summed E-state index contributed by atoms with van der Waals surface area (Å²) in [4.78, 5) is 4.59. The van der Waals surface area contributed by atoms with Gasteiger partial charge in [0.15, 0.2) is 5.82 Å². The molecule has 21 heavy (non-hydrogen) atoms. The molecule has 0 saturated heterocycles. The lowest BCUT2D eigenvalue weighted by Crippen LogP contribution is -2.15. The molecule has 1 heterocycles. The Balaban J connectivity index is 1.85. The van der Waals surface area contributed by atoms with Gasteiger partial charge in [0.2, 0.25) is 0 Å². The van der Waals surface area contributed by atoms with Gasteiger partial charge in [0.1, 0.15) is 5.82 Å². The van der Waals surface area contributed by atoms with Crippen LogP contribution in [0, 0.1) is 6.92 Å². The first-order valence-corrected chi connectivity index (χ1v) is 7.99. The van der Waals surface area contributed by atoms with E-state index in [9.17, 15) is 0 Å². The van der Waals surface area contributed by atoms with E-state index < -0.39 is 0 Å². The SMILES string of the molecule is CCc1nc(CC)n(-c2ccc(CNC3CC3)cc2C)n1. The Bertz CT molecular complexity index is 626. The van der Waals surface area contributed by atoms with Crippen molar-refractivity contribution in [1.82, 2.24) is 20.1 Å². The predicted octanol–water partition coefficient (Wildman–Crippen LogP) is 2.95. The number of hydrogen-bond acceptors (Lipinski definition) is 3. The lowest BCUT2D eigenvalue weighted by atomic mass is 10.1.